The first-order valence-electron chi connectivity index (χ1n) is 8.98. The maximum absolute atomic E-state index is 12.9. The number of benzene rings is 1. The van der Waals surface area contributed by atoms with E-state index in [0.717, 1.165) is 35.8 Å². The number of nitrogens with one attached hydrogen (secondary N) is 1. The van der Waals surface area contributed by atoms with Crippen molar-refractivity contribution in [3.63, 3.8) is 0 Å². The standard InChI is InChI=1S/C19H24N4O3/c1-25-15-4-2-3-14(9-15)16-10-23(11-17-19(16)21-13-20-17)18(24)12-22-5-7-26-8-6-22/h2-4,9,13,16H,5-8,10-12H2,1H3,(H,20,21). The zero-order chi connectivity index (χ0) is 17.9. The smallest absolute Gasteiger partial charge is 0.237 e. The lowest BCUT2D eigenvalue weighted by Gasteiger charge is -2.34. The van der Waals surface area contributed by atoms with Crippen molar-refractivity contribution in [1.29, 1.82) is 0 Å². The zero-order valence-corrected chi connectivity index (χ0v) is 15.0. The molecule has 1 fully saturated rings. The van der Waals surface area contributed by atoms with Gasteiger partial charge in [-0.25, -0.2) is 4.98 Å². The first-order valence-corrected chi connectivity index (χ1v) is 8.98. The summed E-state index contributed by atoms with van der Waals surface area (Å²) >= 11 is 0. The molecule has 0 aliphatic carbocycles. The molecule has 2 aliphatic rings. The number of carbonyl (C=O) groups is 1. The van der Waals surface area contributed by atoms with Gasteiger partial charge in [-0.3, -0.25) is 9.69 Å². The van der Waals surface area contributed by atoms with Gasteiger partial charge in [-0.2, -0.15) is 0 Å². The minimum atomic E-state index is 0.0498. The van der Waals surface area contributed by atoms with Crippen molar-refractivity contribution in [2.45, 2.75) is 12.5 Å². The number of rotatable bonds is 4. The summed E-state index contributed by atoms with van der Waals surface area (Å²) in [4.78, 5) is 24.7. The number of aromatic nitrogens is 2. The van der Waals surface area contributed by atoms with Gasteiger partial charge in [0.25, 0.3) is 0 Å². The summed E-state index contributed by atoms with van der Waals surface area (Å²) in [5.74, 6) is 1.02. The van der Waals surface area contributed by atoms with Gasteiger partial charge in [0.2, 0.25) is 5.91 Å². The van der Waals surface area contributed by atoms with Crippen molar-refractivity contribution in [3.8, 4) is 5.75 Å². The van der Waals surface area contributed by atoms with Crippen LogP contribution in [0.15, 0.2) is 30.6 Å². The molecule has 1 N–H and O–H groups in total. The Morgan fingerprint density at radius 1 is 1.38 bits per heavy atom. The van der Waals surface area contributed by atoms with E-state index in [1.807, 2.05) is 23.1 Å². The van der Waals surface area contributed by atoms with Crippen molar-refractivity contribution < 1.29 is 14.3 Å². The fraction of sp³-hybridized carbons (Fsp3) is 0.474. The third-order valence-corrected chi connectivity index (χ3v) is 5.15. The molecule has 1 unspecified atom stereocenters. The summed E-state index contributed by atoms with van der Waals surface area (Å²) in [7, 11) is 1.66. The van der Waals surface area contributed by atoms with E-state index in [2.05, 4.69) is 20.9 Å². The van der Waals surface area contributed by atoms with Crippen LogP contribution in [0.1, 0.15) is 22.9 Å². The highest BCUT2D eigenvalue weighted by Gasteiger charge is 2.32. The molecule has 1 amide bonds. The molecular weight excluding hydrogens is 332 g/mol. The average Bonchev–Trinajstić information content (AvgIpc) is 3.16. The Kier molecular flexibility index (Phi) is 4.90. The Morgan fingerprint density at radius 2 is 2.23 bits per heavy atom. The topological polar surface area (TPSA) is 70.7 Å². The molecule has 0 saturated carbocycles. The molecule has 0 spiro atoms. The number of morpholine rings is 1. The van der Waals surface area contributed by atoms with Crippen LogP contribution in [0.3, 0.4) is 0 Å². The van der Waals surface area contributed by atoms with Crippen molar-refractivity contribution in [2.24, 2.45) is 0 Å². The van der Waals surface area contributed by atoms with Crippen LogP contribution in [0.2, 0.25) is 0 Å². The highest BCUT2D eigenvalue weighted by molar-refractivity contribution is 5.78. The van der Waals surface area contributed by atoms with Gasteiger partial charge in [-0.15, -0.1) is 0 Å². The SMILES string of the molecule is COc1cccc(C2CN(C(=O)CN3CCOCC3)Cc3[nH]cnc32)c1. The fourth-order valence-electron chi connectivity index (χ4n) is 3.68. The Balaban J connectivity index is 1.54. The minimum Gasteiger partial charge on any atom is -0.497 e. The van der Waals surface area contributed by atoms with Gasteiger partial charge in [-0.05, 0) is 17.7 Å². The van der Waals surface area contributed by atoms with Crippen LogP contribution < -0.4 is 4.74 Å². The number of H-pyrrole nitrogens is 1. The number of imidazole rings is 1. The van der Waals surface area contributed by atoms with Crippen molar-refractivity contribution in [2.75, 3.05) is 46.5 Å². The first-order chi connectivity index (χ1) is 12.7. The van der Waals surface area contributed by atoms with Crippen LogP contribution in [0.25, 0.3) is 0 Å². The second-order valence-electron chi connectivity index (χ2n) is 6.76. The highest BCUT2D eigenvalue weighted by Crippen LogP contribution is 2.33. The Labute approximate surface area is 152 Å². The molecule has 7 nitrogen and oxygen atoms in total. The van der Waals surface area contributed by atoms with E-state index in [0.29, 0.717) is 32.8 Å². The molecule has 4 rings (SSSR count). The van der Waals surface area contributed by atoms with E-state index >= 15 is 0 Å². The summed E-state index contributed by atoms with van der Waals surface area (Å²) in [5.41, 5.74) is 3.15. The number of methoxy groups -OCH3 is 1. The van der Waals surface area contributed by atoms with Crippen LogP contribution in [-0.2, 0) is 16.1 Å². The van der Waals surface area contributed by atoms with Gasteiger partial charge in [0, 0.05) is 25.6 Å². The van der Waals surface area contributed by atoms with E-state index < -0.39 is 0 Å². The molecule has 1 saturated heterocycles. The predicted molar refractivity (Wildman–Crippen MR) is 96.1 cm³/mol. The number of ether oxygens (including phenoxy) is 2. The Bertz CT molecular complexity index is 770. The number of aromatic amines is 1. The molecule has 0 bridgehead atoms. The Hall–Kier alpha value is -2.38. The summed E-state index contributed by atoms with van der Waals surface area (Å²) in [6, 6.07) is 8.01. The number of carbonyl (C=O) groups excluding carboxylic acids is 1. The van der Waals surface area contributed by atoms with Gasteiger partial charge in [0.05, 0.1) is 51.1 Å². The summed E-state index contributed by atoms with van der Waals surface area (Å²) in [6.07, 6.45) is 1.72. The normalized spacial score (nSPS) is 20.7. The van der Waals surface area contributed by atoms with Crippen molar-refractivity contribution in [1.82, 2.24) is 19.8 Å². The monoisotopic (exact) mass is 356 g/mol. The van der Waals surface area contributed by atoms with E-state index in [4.69, 9.17) is 9.47 Å². The zero-order valence-electron chi connectivity index (χ0n) is 15.0. The quantitative estimate of drug-likeness (QED) is 0.892. The number of hydrogen-bond donors (Lipinski definition) is 1. The van der Waals surface area contributed by atoms with Crippen LogP contribution in [-0.4, -0.2) is 72.2 Å². The van der Waals surface area contributed by atoms with Gasteiger partial charge < -0.3 is 19.4 Å². The van der Waals surface area contributed by atoms with Crippen molar-refractivity contribution in [3.05, 3.63) is 47.5 Å². The number of amides is 1. The maximum Gasteiger partial charge on any atom is 0.237 e. The molecule has 7 heteroatoms. The molecule has 26 heavy (non-hydrogen) atoms. The molecule has 1 aromatic heterocycles. The fourth-order valence-corrected chi connectivity index (χ4v) is 3.68. The summed E-state index contributed by atoms with van der Waals surface area (Å²) in [5, 5.41) is 0. The van der Waals surface area contributed by atoms with Gasteiger partial charge in [-0.1, -0.05) is 12.1 Å². The highest BCUT2D eigenvalue weighted by atomic mass is 16.5. The molecule has 2 aromatic rings. The lowest BCUT2D eigenvalue weighted by Crippen LogP contribution is -2.47. The third kappa shape index (κ3) is 3.45. The lowest BCUT2D eigenvalue weighted by atomic mass is 9.90. The van der Waals surface area contributed by atoms with E-state index in [1.54, 1.807) is 13.4 Å². The Morgan fingerprint density at radius 3 is 3.04 bits per heavy atom. The molecule has 2 aliphatic heterocycles. The molecular formula is C19H24N4O3. The second-order valence-corrected chi connectivity index (χ2v) is 6.76. The maximum atomic E-state index is 12.9. The third-order valence-electron chi connectivity index (χ3n) is 5.15. The first kappa shape index (κ1) is 17.1. The number of fused-ring (bicyclic) bond motifs is 1. The molecule has 0 radical (unpaired) electrons. The average molecular weight is 356 g/mol. The lowest BCUT2D eigenvalue weighted by molar-refractivity contribution is -0.134. The number of nitrogens with zero attached hydrogens (tertiary/aromatic N) is 3. The van der Waals surface area contributed by atoms with E-state index in [9.17, 15) is 4.79 Å². The van der Waals surface area contributed by atoms with E-state index in [-0.39, 0.29) is 11.8 Å². The summed E-state index contributed by atoms with van der Waals surface area (Å²) in [6.45, 7) is 4.68. The van der Waals surface area contributed by atoms with Gasteiger partial charge in [0.15, 0.2) is 0 Å². The van der Waals surface area contributed by atoms with E-state index in [1.165, 1.54) is 0 Å². The largest absolute Gasteiger partial charge is 0.497 e. The molecule has 138 valence electrons. The van der Waals surface area contributed by atoms with Crippen LogP contribution >= 0.6 is 0 Å². The molecule has 1 aromatic carbocycles. The van der Waals surface area contributed by atoms with Crippen LogP contribution in [0.4, 0.5) is 0 Å². The van der Waals surface area contributed by atoms with Gasteiger partial charge >= 0.3 is 0 Å². The van der Waals surface area contributed by atoms with Gasteiger partial charge in [0.1, 0.15) is 5.75 Å². The second kappa shape index (κ2) is 7.47. The predicted octanol–water partition coefficient (Wildman–Crippen LogP) is 1.22. The van der Waals surface area contributed by atoms with Crippen molar-refractivity contribution >= 4 is 5.91 Å². The van der Waals surface area contributed by atoms with Crippen LogP contribution in [0.5, 0.6) is 5.75 Å². The molecule has 1 atom stereocenters. The van der Waals surface area contributed by atoms with Crippen LogP contribution in [0, 0.1) is 0 Å². The molecule has 3 heterocycles. The summed E-state index contributed by atoms with van der Waals surface area (Å²) < 4.78 is 10.7. The minimum absolute atomic E-state index is 0.0498. The number of hydrogen-bond acceptors (Lipinski definition) is 5.